The maximum atomic E-state index is 11.4. The Morgan fingerprint density at radius 1 is 1.56 bits per heavy atom. The molecule has 16 heavy (non-hydrogen) atoms. The Bertz CT molecular complexity index is 378. The molecule has 0 aliphatic carbocycles. The molecule has 1 N–H and O–H groups in total. The van der Waals surface area contributed by atoms with Crippen LogP contribution in [0.2, 0.25) is 5.02 Å². The van der Waals surface area contributed by atoms with Gasteiger partial charge in [0.2, 0.25) is 0 Å². The van der Waals surface area contributed by atoms with Crippen LogP contribution in [0.5, 0.6) is 5.75 Å². The van der Waals surface area contributed by atoms with E-state index in [-0.39, 0.29) is 6.61 Å². The Labute approximate surface area is 98.7 Å². The minimum atomic E-state index is -1.38. The molecule has 0 saturated heterocycles. The van der Waals surface area contributed by atoms with Gasteiger partial charge in [-0.1, -0.05) is 11.6 Å². The number of carbonyl (C=O) groups is 1. The third kappa shape index (κ3) is 2.87. The fraction of sp³-hybridized carbons (Fsp3) is 0.364. The Hall–Kier alpha value is -1.26. The van der Waals surface area contributed by atoms with Crippen LogP contribution >= 0.6 is 11.6 Å². The van der Waals surface area contributed by atoms with Crippen molar-refractivity contribution in [1.29, 1.82) is 0 Å². The molecule has 0 aliphatic rings. The van der Waals surface area contributed by atoms with Crippen LogP contribution in [-0.4, -0.2) is 24.8 Å². The Morgan fingerprint density at radius 2 is 2.25 bits per heavy atom. The van der Waals surface area contributed by atoms with Crippen molar-refractivity contribution >= 4 is 17.6 Å². The molecular formula is C11H13ClO4. The molecule has 1 rings (SSSR count). The topological polar surface area (TPSA) is 55.8 Å². The van der Waals surface area contributed by atoms with Crippen molar-refractivity contribution < 1.29 is 19.4 Å². The van der Waals surface area contributed by atoms with Crippen LogP contribution in [0.3, 0.4) is 0 Å². The standard InChI is InChI=1S/C11H13ClO4/c1-3-16-11(14)10(13)8-6-7(12)4-5-9(8)15-2/h4-6,10,13H,3H2,1-2H3/t10-/m1/s1. The molecular weight excluding hydrogens is 232 g/mol. The number of hydrogen-bond donors (Lipinski definition) is 1. The average Bonchev–Trinajstić information content (AvgIpc) is 2.28. The van der Waals surface area contributed by atoms with Gasteiger partial charge in [-0.2, -0.15) is 0 Å². The SMILES string of the molecule is CCOC(=O)[C@H](O)c1cc(Cl)ccc1OC. The summed E-state index contributed by atoms with van der Waals surface area (Å²) in [6.07, 6.45) is -1.38. The highest BCUT2D eigenvalue weighted by Crippen LogP contribution is 2.28. The van der Waals surface area contributed by atoms with Crippen molar-refractivity contribution in [1.82, 2.24) is 0 Å². The van der Waals surface area contributed by atoms with E-state index in [9.17, 15) is 9.90 Å². The van der Waals surface area contributed by atoms with Gasteiger partial charge in [-0.05, 0) is 25.1 Å². The molecule has 0 unspecified atom stereocenters. The summed E-state index contributed by atoms with van der Waals surface area (Å²) >= 11 is 5.78. The van der Waals surface area contributed by atoms with E-state index in [0.29, 0.717) is 16.3 Å². The Balaban J connectivity index is 3.01. The van der Waals surface area contributed by atoms with Crippen molar-refractivity contribution in [2.45, 2.75) is 13.0 Å². The van der Waals surface area contributed by atoms with E-state index in [4.69, 9.17) is 21.1 Å². The predicted molar refractivity (Wildman–Crippen MR) is 59.6 cm³/mol. The summed E-state index contributed by atoms with van der Waals surface area (Å²) in [5.41, 5.74) is 0.299. The largest absolute Gasteiger partial charge is 0.496 e. The fourth-order valence-electron chi connectivity index (χ4n) is 1.27. The van der Waals surface area contributed by atoms with Crippen LogP contribution in [0.4, 0.5) is 0 Å². The molecule has 88 valence electrons. The highest BCUT2D eigenvalue weighted by molar-refractivity contribution is 6.30. The molecule has 1 aromatic rings. The molecule has 4 nitrogen and oxygen atoms in total. The summed E-state index contributed by atoms with van der Waals surface area (Å²) in [7, 11) is 1.45. The van der Waals surface area contributed by atoms with Crippen LogP contribution in [-0.2, 0) is 9.53 Å². The lowest BCUT2D eigenvalue weighted by atomic mass is 10.1. The monoisotopic (exact) mass is 244 g/mol. The van der Waals surface area contributed by atoms with Crippen LogP contribution in [0.15, 0.2) is 18.2 Å². The van der Waals surface area contributed by atoms with Gasteiger partial charge in [-0.25, -0.2) is 4.79 Å². The minimum absolute atomic E-state index is 0.207. The number of aliphatic hydroxyl groups excluding tert-OH is 1. The zero-order valence-electron chi connectivity index (χ0n) is 9.07. The summed E-state index contributed by atoms with van der Waals surface area (Å²) in [5.74, 6) is -0.326. The van der Waals surface area contributed by atoms with Crippen LogP contribution in [0, 0.1) is 0 Å². The number of carbonyl (C=O) groups excluding carboxylic acids is 1. The van der Waals surface area contributed by atoms with Gasteiger partial charge >= 0.3 is 5.97 Å². The lowest BCUT2D eigenvalue weighted by molar-refractivity contribution is -0.153. The molecule has 0 spiro atoms. The van der Waals surface area contributed by atoms with Crippen LogP contribution in [0.25, 0.3) is 0 Å². The average molecular weight is 245 g/mol. The quantitative estimate of drug-likeness (QED) is 0.823. The molecule has 0 amide bonds. The molecule has 0 saturated carbocycles. The number of rotatable bonds is 4. The van der Waals surface area contributed by atoms with Gasteiger partial charge in [0.15, 0.2) is 6.10 Å². The number of halogens is 1. The van der Waals surface area contributed by atoms with E-state index in [2.05, 4.69) is 0 Å². The minimum Gasteiger partial charge on any atom is -0.496 e. The van der Waals surface area contributed by atoms with E-state index >= 15 is 0 Å². The predicted octanol–water partition coefficient (Wildman–Crippen LogP) is 1.95. The van der Waals surface area contributed by atoms with E-state index in [0.717, 1.165) is 0 Å². The fourth-order valence-corrected chi connectivity index (χ4v) is 1.45. The molecule has 0 fully saturated rings. The maximum absolute atomic E-state index is 11.4. The van der Waals surface area contributed by atoms with Crippen LogP contribution < -0.4 is 4.74 Å². The van der Waals surface area contributed by atoms with E-state index < -0.39 is 12.1 Å². The second kappa shape index (κ2) is 5.72. The highest BCUT2D eigenvalue weighted by Gasteiger charge is 2.22. The number of methoxy groups -OCH3 is 1. The first kappa shape index (κ1) is 12.8. The van der Waals surface area contributed by atoms with E-state index in [1.165, 1.54) is 13.2 Å². The number of hydrogen-bond acceptors (Lipinski definition) is 4. The van der Waals surface area contributed by atoms with Gasteiger partial charge in [0.05, 0.1) is 13.7 Å². The summed E-state index contributed by atoms with van der Waals surface area (Å²) in [6.45, 7) is 1.87. The molecule has 0 radical (unpaired) electrons. The number of benzene rings is 1. The normalized spacial score (nSPS) is 12.0. The second-order valence-electron chi connectivity index (χ2n) is 3.04. The Morgan fingerprint density at radius 3 is 2.81 bits per heavy atom. The van der Waals surface area contributed by atoms with Gasteiger partial charge in [0.25, 0.3) is 0 Å². The van der Waals surface area contributed by atoms with Crippen molar-refractivity contribution in [2.24, 2.45) is 0 Å². The van der Waals surface area contributed by atoms with E-state index in [1.807, 2.05) is 0 Å². The first-order valence-electron chi connectivity index (χ1n) is 4.78. The first-order chi connectivity index (χ1) is 7.60. The zero-order valence-corrected chi connectivity index (χ0v) is 9.82. The lowest BCUT2D eigenvalue weighted by Gasteiger charge is -2.13. The highest BCUT2D eigenvalue weighted by atomic mass is 35.5. The number of esters is 1. The van der Waals surface area contributed by atoms with Crippen molar-refractivity contribution in [2.75, 3.05) is 13.7 Å². The number of ether oxygens (including phenoxy) is 2. The Kier molecular flexibility index (Phi) is 4.58. The second-order valence-corrected chi connectivity index (χ2v) is 3.48. The van der Waals surface area contributed by atoms with Gasteiger partial charge in [0, 0.05) is 10.6 Å². The van der Waals surface area contributed by atoms with Gasteiger partial charge in [-0.3, -0.25) is 0 Å². The molecule has 0 aromatic heterocycles. The zero-order chi connectivity index (χ0) is 12.1. The third-order valence-corrected chi connectivity index (χ3v) is 2.23. The summed E-state index contributed by atoms with van der Waals surface area (Å²) in [5, 5.41) is 10.2. The summed E-state index contributed by atoms with van der Waals surface area (Å²) < 4.78 is 9.73. The number of aliphatic hydroxyl groups is 1. The molecule has 0 heterocycles. The molecule has 0 bridgehead atoms. The first-order valence-corrected chi connectivity index (χ1v) is 5.16. The molecule has 1 aromatic carbocycles. The van der Waals surface area contributed by atoms with Gasteiger partial charge < -0.3 is 14.6 Å². The maximum Gasteiger partial charge on any atom is 0.339 e. The lowest BCUT2D eigenvalue weighted by Crippen LogP contribution is -2.16. The smallest absolute Gasteiger partial charge is 0.339 e. The molecule has 0 aliphatic heterocycles. The molecule has 1 atom stereocenters. The summed E-state index contributed by atoms with van der Waals surface area (Å²) in [6, 6.07) is 4.67. The van der Waals surface area contributed by atoms with E-state index in [1.54, 1.807) is 19.1 Å². The third-order valence-electron chi connectivity index (χ3n) is 2.00. The van der Waals surface area contributed by atoms with Gasteiger partial charge in [-0.15, -0.1) is 0 Å². The van der Waals surface area contributed by atoms with Crippen LogP contribution in [0.1, 0.15) is 18.6 Å². The van der Waals surface area contributed by atoms with Gasteiger partial charge in [0.1, 0.15) is 5.75 Å². The van der Waals surface area contributed by atoms with Crippen molar-refractivity contribution in [3.8, 4) is 5.75 Å². The van der Waals surface area contributed by atoms with Crippen molar-refractivity contribution in [3.63, 3.8) is 0 Å². The molecule has 5 heteroatoms. The summed E-state index contributed by atoms with van der Waals surface area (Å²) in [4.78, 5) is 11.4. The van der Waals surface area contributed by atoms with Crippen molar-refractivity contribution in [3.05, 3.63) is 28.8 Å².